The van der Waals surface area contributed by atoms with Gasteiger partial charge in [-0.2, -0.15) is 0 Å². The molecule has 1 N–H and O–H groups in total. The van der Waals surface area contributed by atoms with Gasteiger partial charge in [-0.3, -0.25) is 19.7 Å². The molecule has 0 heterocycles. The van der Waals surface area contributed by atoms with Gasteiger partial charge in [0.05, 0.1) is 11.3 Å². The van der Waals surface area contributed by atoms with Crippen molar-refractivity contribution < 1.29 is 19.2 Å². The van der Waals surface area contributed by atoms with Crippen molar-refractivity contribution in [2.75, 3.05) is 13.2 Å². The van der Waals surface area contributed by atoms with Gasteiger partial charge in [0.25, 0.3) is 11.6 Å². The van der Waals surface area contributed by atoms with Gasteiger partial charge in [-0.15, -0.1) is 0 Å². The van der Waals surface area contributed by atoms with Crippen molar-refractivity contribution in [3.05, 3.63) is 75.3 Å². The van der Waals surface area contributed by atoms with Crippen molar-refractivity contribution in [1.82, 2.24) is 5.32 Å². The fraction of sp³-hybridized carbons (Fsp3) is 0.333. The molecule has 0 aliphatic rings. The molecule has 28 heavy (non-hydrogen) atoms. The molecule has 2 rings (SSSR count). The third-order valence-corrected chi connectivity index (χ3v) is 4.27. The van der Waals surface area contributed by atoms with Crippen molar-refractivity contribution in [2.24, 2.45) is 0 Å². The highest BCUT2D eigenvalue weighted by Gasteiger charge is 2.17. The summed E-state index contributed by atoms with van der Waals surface area (Å²) in [5.74, 6) is -0.621. The number of rotatable bonds is 9. The monoisotopic (exact) mass is 384 g/mol. The zero-order chi connectivity index (χ0) is 20.5. The summed E-state index contributed by atoms with van der Waals surface area (Å²) in [5.41, 5.74) is 2.48. The van der Waals surface area contributed by atoms with Crippen molar-refractivity contribution in [3.63, 3.8) is 0 Å². The number of amides is 1. The van der Waals surface area contributed by atoms with Gasteiger partial charge >= 0.3 is 5.97 Å². The van der Waals surface area contributed by atoms with E-state index < -0.39 is 23.4 Å². The number of carbonyl (C=O) groups excluding carboxylic acids is 2. The molecule has 0 atom stereocenters. The zero-order valence-electron chi connectivity index (χ0n) is 16.0. The van der Waals surface area contributed by atoms with Crippen molar-refractivity contribution in [1.29, 1.82) is 0 Å². The molecule has 0 spiro atoms. The molecule has 2 aromatic rings. The average molecular weight is 384 g/mol. The van der Waals surface area contributed by atoms with Crippen LogP contribution in [0.5, 0.6) is 0 Å². The highest BCUT2D eigenvalue weighted by atomic mass is 16.6. The third kappa shape index (κ3) is 6.50. The Kier molecular flexibility index (Phi) is 7.68. The van der Waals surface area contributed by atoms with Crippen LogP contribution in [0.1, 0.15) is 36.5 Å². The number of para-hydroxylation sites is 1. The number of hydrogen-bond acceptors (Lipinski definition) is 5. The number of hydrogen-bond donors (Lipinski definition) is 1. The third-order valence-electron chi connectivity index (χ3n) is 4.27. The maximum Gasteiger partial charge on any atom is 0.311 e. The fourth-order valence-electron chi connectivity index (χ4n) is 2.66. The fourth-order valence-corrected chi connectivity index (χ4v) is 2.66. The van der Waals surface area contributed by atoms with E-state index in [2.05, 4.69) is 31.3 Å². The number of esters is 1. The van der Waals surface area contributed by atoms with Gasteiger partial charge in [0, 0.05) is 18.2 Å². The minimum atomic E-state index is -0.686. The summed E-state index contributed by atoms with van der Waals surface area (Å²) in [4.78, 5) is 34.1. The maximum absolute atomic E-state index is 11.8. The normalized spacial score (nSPS) is 10.5. The van der Waals surface area contributed by atoms with Crippen molar-refractivity contribution >= 4 is 17.6 Å². The number of nitrogens with one attached hydrogen (secondary N) is 1. The van der Waals surface area contributed by atoms with Crippen LogP contribution in [-0.2, 0) is 27.2 Å². The SMILES string of the molecule is CC(C)c1ccc(CCNC(=O)COC(=O)Cc2ccccc2[N+](=O)[O-])cc1. The van der Waals surface area contributed by atoms with E-state index in [4.69, 9.17) is 4.74 Å². The van der Waals surface area contributed by atoms with Crippen LogP contribution in [0, 0.1) is 10.1 Å². The molecule has 7 nitrogen and oxygen atoms in total. The van der Waals surface area contributed by atoms with Gasteiger partial charge in [-0.1, -0.05) is 56.3 Å². The predicted molar refractivity (Wildman–Crippen MR) is 105 cm³/mol. The Morgan fingerprint density at radius 1 is 1.11 bits per heavy atom. The second kappa shape index (κ2) is 10.2. The molecule has 0 fully saturated rings. The standard InChI is InChI=1S/C21H24N2O5/c1-15(2)17-9-7-16(8-10-17)11-12-22-20(24)14-28-21(25)13-18-5-3-4-6-19(18)23(26)27/h3-10,15H,11-14H2,1-2H3,(H,22,24). The Hall–Kier alpha value is -3.22. The second-order valence-electron chi connectivity index (χ2n) is 6.72. The van der Waals surface area contributed by atoms with E-state index in [1.807, 2.05) is 12.1 Å². The molecule has 2 aromatic carbocycles. The molecule has 0 aliphatic carbocycles. The molecular weight excluding hydrogens is 360 g/mol. The second-order valence-corrected chi connectivity index (χ2v) is 6.72. The lowest BCUT2D eigenvalue weighted by molar-refractivity contribution is -0.385. The lowest BCUT2D eigenvalue weighted by Crippen LogP contribution is -2.30. The van der Waals surface area contributed by atoms with Gasteiger partial charge in [0.2, 0.25) is 0 Å². The van der Waals surface area contributed by atoms with Crippen LogP contribution in [0.15, 0.2) is 48.5 Å². The van der Waals surface area contributed by atoms with Crippen molar-refractivity contribution in [3.8, 4) is 0 Å². The number of nitrogens with zero attached hydrogens (tertiary/aromatic N) is 1. The smallest absolute Gasteiger partial charge is 0.311 e. The molecule has 0 unspecified atom stereocenters. The number of nitro groups is 1. The van der Waals surface area contributed by atoms with Crippen LogP contribution in [0.4, 0.5) is 5.69 Å². The summed E-state index contributed by atoms with van der Waals surface area (Å²) in [6.07, 6.45) is 0.418. The minimum absolute atomic E-state index is 0.146. The van der Waals surface area contributed by atoms with Crippen LogP contribution >= 0.6 is 0 Å². The lowest BCUT2D eigenvalue weighted by Gasteiger charge is -2.09. The first kappa shape index (κ1) is 21.1. The maximum atomic E-state index is 11.8. The highest BCUT2D eigenvalue weighted by molar-refractivity contribution is 5.81. The summed E-state index contributed by atoms with van der Waals surface area (Å²) in [6.45, 7) is 4.28. The first-order valence-corrected chi connectivity index (χ1v) is 9.10. The topological polar surface area (TPSA) is 98.5 Å². The van der Waals surface area contributed by atoms with Gasteiger partial charge in [0.15, 0.2) is 6.61 Å². The molecule has 0 saturated heterocycles. The van der Waals surface area contributed by atoms with E-state index in [1.165, 1.54) is 23.8 Å². The van der Waals surface area contributed by atoms with Crippen LogP contribution in [0.25, 0.3) is 0 Å². The van der Waals surface area contributed by atoms with E-state index in [0.29, 0.717) is 18.9 Å². The molecule has 0 saturated carbocycles. The minimum Gasteiger partial charge on any atom is -0.455 e. The first-order valence-electron chi connectivity index (χ1n) is 9.10. The molecular formula is C21H24N2O5. The number of carbonyl (C=O) groups is 2. The quantitative estimate of drug-likeness (QED) is 0.407. The molecule has 0 radical (unpaired) electrons. The van der Waals surface area contributed by atoms with E-state index >= 15 is 0 Å². The zero-order valence-corrected chi connectivity index (χ0v) is 16.0. The summed E-state index contributed by atoms with van der Waals surface area (Å²) in [6, 6.07) is 14.2. The van der Waals surface area contributed by atoms with Crippen LogP contribution < -0.4 is 5.32 Å². The van der Waals surface area contributed by atoms with E-state index in [-0.39, 0.29) is 17.7 Å². The number of nitro benzene ring substituents is 1. The van der Waals surface area contributed by atoms with Gasteiger partial charge < -0.3 is 10.1 Å². The molecule has 0 aromatic heterocycles. The average Bonchev–Trinajstić information content (AvgIpc) is 2.67. The lowest BCUT2D eigenvalue weighted by atomic mass is 10.0. The van der Waals surface area contributed by atoms with Crippen LogP contribution in [0.2, 0.25) is 0 Å². The van der Waals surface area contributed by atoms with Gasteiger partial charge in [-0.05, 0) is 23.5 Å². The number of benzene rings is 2. The largest absolute Gasteiger partial charge is 0.455 e. The molecule has 0 bridgehead atoms. The van der Waals surface area contributed by atoms with E-state index in [0.717, 1.165) is 5.56 Å². The van der Waals surface area contributed by atoms with Crippen molar-refractivity contribution in [2.45, 2.75) is 32.6 Å². The predicted octanol–water partition coefficient (Wildman–Crippen LogP) is 3.16. The molecule has 148 valence electrons. The highest BCUT2D eigenvalue weighted by Crippen LogP contribution is 2.18. The Morgan fingerprint density at radius 3 is 2.43 bits per heavy atom. The Labute approximate surface area is 163 Å². The molecule has 7 heteroatoms. The van der Waals surface area contributed by atoms with E-state index in [1.54, 1.807) is 6.07 Å². The summed E-state index contributed by atoms with van der Waals surface area (Å²) in [5, 5.41) is 13.6. The Bertz CT molecular complexity index is 831. The summed E-state index contributed by atoms with van der Waals surface area (Å²) < 4.78 is 4.91. The summed E-state index contributed by atoms with van der Waals surface area (Å²) in [7, 11) is 0. The molecule has 1 amide bonds. The summed E-state index contributed by atoms with van der Waals surface area (Å²) >= 11 is 0. The molecule has 0 aliphatic heterocycles. The van der Waals surface area contributed by atoms with Gasteiger partial charge in [0.1, 0.15) is 0 Å². The Morgan fingerprint density at radius 2 is 1.79 bits per heavy atom. The van der Waals surface area contributed by atoms with Gasteiger partial charge in [-0.25, -0.2) is 0 Å². The van der Waals surface area contributed by atoms with E-state index in [9.17, 15) is 19.7 Å². The first-order chi connectivity index (χ1) is 13.4. The van der Waals surface area contributed by atoms with Crippen LogP contribution in [0.3, 0.4) is 0 Å². The number of ether oxygens (including phenoxy) is 1. The Balaban J connectivity index is 1.72. The van der Waals surface area contributed by atoms with Crippen LogP contribution in [-0.4, -0.2) is 30.0 Å².